The van der Waals surface area contributed by atoms with Crippen molar-refractivity contribution < 1.29 is 4.79 Å². The lowest BCUT2D eigenvalue weighted by Gasteiger charge is -1.96. The largest absolute Gasteiger partial charge is 0.369 e. The van der Waals surface area contributed by atoms with Gasteiger partial charge in [0.25, 0.3) is 5.56 Å². The van der Waals surface area contributed by atoms with E-state index < -0.39 is 5.56 Å². The van der Waals surface area contributed by atoms with Crippen molar-refractivity contribution in [3.63, 3.8) is 0 Å². The van der Waals surface area contributed by atoms with Gasteiger partial charge in [-0.05, 0) is 0 Å². The molecule has 14 heavy (non-hydrogen) atoms. The number of hydrogen-bond donors (Lipinski definition) is 2. The van der Waals surface area contributed by atoms with E-state index in [1.54, 1.807) is 0 Å². The van der Waals surface area contributed by atoms with Crippen molar-refractivity contribution in [1.82, 2.24) is 19.9 Å². The van der Waals surface area contributed by atoms with Crippen LogP contribution in [0.2, 0.25) is 0 Å². The Morgan fingerprint density at radius 3 is 2.93 bits per heavy atom. The van der Waals surface area contributed by atoms with Gasteiger partial charge in [-0.25, -0.2) is 9.97 Å². The third-order valence-corrected chi connectivity index (χ3v) is 1.58. The van der Waals surface area contributed by atoms with E-state index in [2.05, 4.69) is 19.9 Å². The Labute approximate surface area is 77.0 Å². The van der Waals surface area contributed by atoms with Crippen LogP contribution in [-0.2, 0) is 0 Å². The summed E-state index contributed by atoms with van der Waals surface area (Å²) in [5, 5.41) is 0. The number of nitrogens with two attached hydrogens (primary N) is 1. The standard InChI is InChI=1S/C7H5N5O2/c8-7-11-5-4(6(14)12-7)9-1-3(2-13)10-5/h1-2H,(H3,8,10,11,12,14). The van der Waals surface area contributed by atoms with E-state index in [0.29, 0.717) is 6.29 Å². The minimum Gasteiger partial charge on any atom is -0.369 e. The fourth-order valence-corrected chi connectivity index (χ4v) is 1.00. The summed E-state index contributed by atoms with van der Waals surface area (Å²) in [4.78, 5) is 35.1. The molecule has 0 atom stereocenters. The first-order chi connectivity index (χ1) is 6.70. The van der Waals surface area contributed by atoms with Gasteiger partial charge >= 0.3 is 0 Å². The minimum atomic E-state index is -0.475. The monoisotopic (exact) mass is 191 g/mol. The zero-order valence-corrected chi connectivity index (χ0v) is 6.89. The van der Waals surface area contributed by atoms with Crippen LogP contribution in [0.5, 0.6) is 0 Å². The van der Waals surface area contributed by atoms with E-state index in [9.17, 15) is 9.59 Å². The van der Waals surface area contributed by atoms with Gasteiger partial charge in [0.15, 0.2) is 17.5 Å². The molecule has 0 saturated carbocycles. The van der Waals surface area contributed by atoms with Crippen molar-refractivity contribution in [3.8, 4) is 0 Å². The molecule has 2 heterocycles. The normalized spacial score (nSPS) is 10.3. The number of nitrogens with one attached hydrogen (secondary N) is 1. The lowest BCUT2D eigenvalue weighted by Crippen LogP contribution is -2.13. The Morgan fingerprint density at radius 1 is 1.43 bits per heavy atom. The molecule has 2 aromatic heterocycles. The molecule has 0 radical (unpaired) electrons. The fourth-order valence-electron chi connectivity index (χ4n) is 1.00. The highest BCUT2D eigenvalue weighted by Crippen LogP contribution is 2.01. The summed E-state index contributed by atoms with van der Waals surface area (Å²) in [6, 6.07) is 0. The van der Waals surface area contributed by atoms with Crippen molar-refractivity contribution in [2.24, 2.45) is 0 Å². The van der Waals surface area contributed by atoms with Crippen molar-refractivity contribution in [1.29, 1.82) is 0 Å². The number of aromatic amines is 1. The Hall–Kier alpha value is -2.31. The molecule has 0 saturated heterocycles. The smallest absolute Gasteiger partial charge is 0.280 e. The van der Waals surface area contributed by atoms with Gasteiger partial charge < -0.3 is 5.73 Å². The molecule has 2 aromatic rings. The number of hydrogen-bond acceptors (Lipinski definition) is 6. The van der Waals surface area contributed by atoms with Crippen LogP contribution >= 0.6 is 0 Å². The van der Waals surface area contributed by atoms with Crippen molar-refractivity contribution >= 4 is 23.4 Å². The number of nitrogens with zero attached hydrogens (tertiary/aromatic N) is 3. The van der Waals surface area contributed by atoms with Crippen LogP contribution in [-0.4, -0.2) is 26.2 Å². The van der Waals surface area contributed by atoms with Gasteiger partial charge in [0, 0.05) is 0 Å². The predicted molar refractivity (Wildman–Crippen MR) is 47.8 cm³/mol. The maximum Gasteiger partial charge on any atom is 0.280 e. The molecule has 7 nitrogen and oxygen atoms in total. The molecular weight excluding hydrogens is 186 g/mol. The van der Waals surface area contributed by atoms with Crippen LogP contribution in [0, 0.1) is 0 Å². The summed E-state index contributed by atoms with van der Waals surface area (Å²) < 4.78 is 0. The second-order valence-electron chi connectivity index (χ2n) is 2.54. The van der Waals surface area contributed by atoms with Crippen LogP contribution in [0.4, 0.5) is 5.95 Å². The molecule has 70 valence electrons. The third kappa shape index (κ3) is 1.20. The topological polar surface area (TPSA) is 115 Å². The van der Waals surface area contributed by atoms with Crippen LogP contribution in [0.1, 0.15) is 10.5 Å². The summed E-state index contributed by atoms with van der Waals surface area (Å²) in [5.41, 5.74) is 5.05. The first kappa shape index (κ1) is 8.30. The number of carbonyl (C=O) groups excluding carboxylic acids is 1. The second-order valence-corrected chi connectivity index (χ2v) is 2.54. The molecule has 2 rings (SSSR count). The van der Waals surface area contributed by atoms with E-state index in [1.807, 2.05) is 0 Å². The highest BCUT2D eigenvalue weighted by Gasteiger charge is 2.05. The number of nitrogen functional groups attached to an aromatic ring is 1. The number of fused-ring (bicyclic) bond motifs is 1. The number of carbonyl (C=O) groups is 1. The van der Waals surface area contributed by atoms with Crippen molar-refractivity contribution in [2.75, 3.05) is 5.73 Å². The molecule has 0 aliphatic carbocycles. The highest BCUT2D eigenvalue weighted by atomic mass is 16.1. The number of aldehydes is 1. The van der Waals surface area contributed by atoms with E-state index in [4.69, 9.17) is 5.73 Å². The third-order valence-electron chi connectivity index (χ3n) is 1.58. The molecule has 0 fully saturated rings. The number of aromatic nitrogens is 4. The molecule has 0 spiro atoms. The first-order valence-electron chi connectivity index (χ1n) is 3.68. The van der Waals surface area contributed by atoms with Gasteiger partial charge in [-0.2, -0.15) is 4.98 Å². The number of rotatable bonds is 1. The molecule has 0 bridgehead atoms. The van der Waals surface area contributed by atoms with E-state index in [1.165, 1.54) is 6.20 Å². The molecule has 0 unspecified atom stereocenters. The summed E-state index contributed by atoms with van der Waals surface area (Å²) in [7, 11) is 0. The average Bonchev–Trinajstić information content (AvgIpc) is 2.16. The summed E-state index contributed by atoms with van der Waals surface area (Å²) >= 11 is 0. The second kappa shape index (κ2) is 2.87. The van der Waals surface area contributed by atoms with E-state index in [0.717, 1.165) is 0 Å². The van der Waals surface area contributed by atoms with E-state index in [-0.39, 0.29) is 22.8 Å². The SMILES string of the molecule is Nc1nc2nc(C=O)cnc2c(=O)[nH]1. The van der Waals surface area contributed by atoms with Crippen LogP contribution in [0.15, 0.2) is 11.0 Å². The molecular formula is C7H5N5O2. The van der Waals surface area contributed by atoms with Gasteiger partial charge in [0.05, 0.1) is 6.20 Å². The van der Waals surface area contributed by atoms with Crippen molar-refractivity contribution in [3.05, 3.63) is 22.2 Å². The summed E-state index contributed by atoms with van der Waals surface area (Å²) in [5.74, 6) is -0.0557. The zero-order valence-electron chi connectivity index (χ0n) is 6.89. The molecule has 3 N–H and O–H groups in total. The predicted octanol–water partition coefficient (Wildman–Crippen LogP) is -0.892. The van der Waals surface area contributed by atoms with Gasteiger partial charge in [-0.1, -0.05) is 0 Å². The molecule has 0 aliphatic rings. The molecule has 0 aliphatic heterocycles. The molecule has 0 aromatic carbocycles. The maximum atomic E-state index is 11.2. The maximum absolute atomic E-state index is 11.2. The Bertz CT molecular complexity index is 561. The van der Waals surface area contributed by atoms with Crippen LogP contribution < -0.4 is 11.3 Å². The lowest BCUT2D eigenvalue weighted by molar-refractivity contribution is 0.111. The Kier molecular flexibility index (Phi) is 1.70. The zero-order chi connectivity index (χ0) is 10.1. The number of H-pyrrole nitrogens is 1. The Morgan fingerprint density at radius 2 is 2.21 bits per heavy atom. The average molecular weight is 191 g/mol. The fraction of sp³-hybridized carbons (Fsp3) is 0. The van der Waals surface area contributed by atoms with Crippen LogP contribution in [0.25, 0.3) is 11.2 Å². The molecule has 0 amide bonds. The summed E-state index contributed by atoms with van der Waals surface area (Å²) in [6.45, 7) is 0. The lowest BCUT2D eigenvalue weighted by atomic mass is 10.4. The van der Waals surface area contributed by atoms with Gasteiger partial charge in [0.1, 0.15) is 5.69 Å². The molecule has 7 heteroatoms. The van der Waals surface area contributed by atoms with Crippen LogP contribution in [0.3, 0.4) is 0 Å². The van der Waals surface area contributed by atoms with Gasteiger partial charge in [-0.15, -0.1) is 0 Å². The minimum absolute atomic E-state index is 0.0557. The first-order valence-corrected chi connectivity index (χ1v) is 3.68. The van der Waals surface area contributed by atoms with E-state index >= 15 is 0 Å². The number of anilines is 1. The van der Waals surface area contributed by atoms with Gasteiger partial charge in [-0.3, -0.25) is 14.6 Å². The quantitative estimate of drug-likeness (QED) is 0.565. The van der Waals surface area contributed by atoms with Gasteiger partial charge in [0.2, 0.25) is 5.95 Å². The highest BCUT2D eigenvalue weighted by molar-refractivity contribution is 5.77. The Balaban J connectivity index is 2.88. The van der Waals surface area contributed by atoms with Crippen molar-refractivity contribution in [2.45, 2.75) is 0 Å². The summed E-state index contributed by atoms with van der Waals surface area (Å²) in [6.07, 6.45) is 1.72.